The molecule has 1 amide bonds. The second kappa shape index (κ2) is 5.48. The molecule has 1 aromatic heterocycles. The van der Waals surface area contributed by atoms with Crippen molar-refractivity contribution in [1.29, 1.82) is 0 Å². The highest BCUT2D eigenvalue weighted by molar-refractivity contribution is 7.22. The number of halogens is 8. The highest BCUT2D eigenvalue weighted by Crippen LogP contribution is 2.47. The minimum atomic E-state index is -6.59. The maximum absolute atomic E-state index is 13.2. The van der Waals surface area contributed by atoms with Gasteiger partial charge in [-0.3, -0.25) is 10.1 Å². The number of carbonyl (C=O) groups is 1. The number of nitrogens with one attached hydrogen (secondary N) is 1. The third-order valence-electron chi connectivity index (χ3n) is 2.61. The third-order valence-corrected chi connectivity index (χ3v) is 3.78. The van der Waals surface area contributed by atoms with E-state index in [-0.39, 0.29) is 10.5 Å². The van der Waals surface area contributed by atoms with Crippen LogP contribution in [0.5, 0.6) is 0 Å². The molecule has 0 aliphatic carbocycles. The van der Waals surface area contributed by atoms with Gasteiger partial charge in [-0.05, 0) is 18.2 Å². The van der Waals surface area contributed by atoms with Crippen molar-refractivity contribution in [2.24, 2.45) is 0 Å². The Balaban J connectivity index is 2.29. The van der Waals surface area contributed by atoms with Crippen molar-refractivity contribution in [2.45, 2.75) is 18.0 Å². The van der Waals surface area contributed by atoms with Crippen LogP contribution >= 0.6 is 22.9 Å². The maximum atomic E-state index is 13.2. The quantitative estimate of drug-likeness (QED) is 0.783. The Morgan fingerprint density at radius 1 is 1.13 bits per heavy atom. The van der Waals surface area contributed by atoms with Crippen molar-refractivity contribution >= 4 is 44.2 Å². The zero-order valence-corrected chi connectivity index (χ0v) is 12.1. The summed E-state index contributed by atoms with van der Waals surface area (Å²) in [7, 11) is 0. The lowest BCUT2D eigenvalue weighted by atomic mass is 10.1. The first-order valence-electron chi connectivity index (χ1n) is 5.56. The number of hydrogen-bond donors (Lipinski definition) is 1. The molecular formula is C11H4ClF7N2OS. The van der Waals surface area contributed by atoms with Gasteiger partial charge < -0.3 is 0 Å². The van der Waals surface area contributed by atoms with Gasteiger partial charge in [0.2, 0.25) is 0 Å². The minimum Gasteiger partial charge on any atom is -0.296 e. The molecule has 0 spiro atoms. The lowest BCUT2D eigenvalue weighted by Crippen LogP contribution is -2.57. The first-order valence-corrected chi connectivity index (χ1v) is 6.75. The number of nitrogens with zero attached hydrogens (tertiary/aromatic N) is 1. The van der Waals surface area contributed by atoms with Crippen molar-refractivity contribution in [2.75, 3.05) is 5.32 Å². The second-order valence-corrected chi connectivity index (χ2v) is 5.70. The van der Waals surface area contributed by atoms with Crippen LogP contribution in [0.2, 0.25) is 5.02 Å². The molecule has 0 unspecified atom stereocenters. The van der Waals surface area contributed by atoms with Crippen molar-refractivity contribution in [1.82, 2.24) is 4.98 Å². The van der Waals surface area contributed by atoms with Crippen LogP contribution in [0.1, 0.15) is 0 Å². The van der Waals surface area contributed by atoms with Gasteiger partial charge in [-0.1, -0.05) is 22.9 Å². The van der Waals surface area contributed by atoms with Crippen LogP contribution in [-0.2, 0) is 4.79 Å². The average Bonchev–Trinajstić information content (AvgIpc) is 2.78. The summed E-state index contributed by atoms with van der Waals surface area (Å²) in [4.78, 5) is 14.8. The van der Waals surface area contributed by atoms with Gasteiger partial charge in [0.1, 0.15) is 0 Å². The number of rotatable bonds is 3. The number of fused-ring (bicyclic) bond motifs is 1. The van der Waals surface area contributed by atoms with Crippen LogP contribution in [0.15, 0.2) is 18.2 Å². The van der Waals surface area contributed by atoms with Crippen molar-refractivity contribution in [3.8, 4) is 0 Å². The van der Waals surface area contributed by atoms with Crippen LogP contribution in [0.4, 0.5) is 35.9 Å². The number of anilines is 1. The van der Waals surface area contributed by atoms with E-state index in [9.17, 15) is 35.5 Å². The van der Waals surface area contributed by atoms with Crippen LogP contribution in [0, 0.1) is 0 Å². The molecule has 23 heavy (non-hydrogen) atoms. The smallest absolute Gasteiger partial charge is 0.296 e. The fraction of sp³-hybridized carbons (Fsp3) is 0.273. The minimum absolute atomic E-state index is 0.195. The number of carbonyl (C=O) groups excluding carboxylic acids is 1. The molecule has 0 aliphatic rings. The summed E-state index contributed by atoms with van der Waals surface area (Å²) in [6.07, 6.45) is -6.59. The van der Waals surface area contributed by atoms with E-state index in [1.165, 1.54) is 23.5 Å². The van der Waals surface area contributed by atoms with Crippen LogP contribution in [-0.4, -0.2) is 28.9 Å². The summed E-state index contributed by atoms with van der Waals surface area (Å²) in [6, 6.07) is 4.10. The second-order valence-electron chi connectivity index (χ2n) is 4.23. The Hall–Kier alpha value is -1.62. The molecule has 1 aromatic carbocycles. The Kier molecular flexibility index (Phi) is 4.22. The van der Waals surface area contributed by atoms with E-state index in [0.717, 1.165) is 0 Å². The summed E-state index contributed by atoms with van der Waals surface area (Å²) < 4.78 is 88.2. The standard InChI is InChI=1S/C11H4ClF7N2OS/c12-4-1-2-5-6(3-4)23-8(20-5)21-7(22)9(13,14)10(15,16)11(17,18)19/h1-3H,(H,20,21,22). The molecule has 1 N–H and O–H groups in total. The Bertz CT molecular complexity index is 758. The monoisotopic (exact) mass is 380 g/mol. The highest BCUT2D eigenvalue weighted by atomic mass is 35.5. The summed E-state index contributed by atoms with van der Waals surface area (Å²) in [5.74, 6) is -15.3. The normalized spacial score (nSPS) is 13.4. The predicted octanol–water partition coefficient (Wildman–Crippen LogP) is 4.72. The molecular weight excluding hydrogens is 377 g/mol. The van der Waals surface area contributed by atoms with Gasteiger partial charge in [0.05, 0.1) is 10.2 Å². The van der Waals surface area contributed by atoms with Crippen LogP contribution < -0.4 is 5.32 Å². The summed E-state index contributed by atoms with van der Waals surface area (Å²) in [6.45, 7) is 0. The van der Waals surface area contributed by atoms with Gasteiger partial charge in [-0.2, -0.15) is 30.7 Å². The summed E-state index contributed by atoms with van der Waals surface area (Å²) >= 11 is 6.25. The number of alkyl halides is 7. The van der Waals surface area contributed by atoms with Gasteiger partial charge in [0, 0.05) is 5.02 Å². The molecule has 0 radical (unpaired) electrons. The first-order chi connectivity index (χ1) is 10.4. The van der Waals surface area contributed by atoms with E-state index in [1.807, 2.05) is 0 Å². The SMILES string of the molecule is O=C(Nc1nc2ccc(Cl)cc2s1)C(F)(F)C(F)(F)C(F)(F)F. The lowest BCUT2D eigenvalue weighted by molar-refractivity contribution is -0.343. The van der Waals surface area contributed by atoms with Gasteiger partial charge in [0.25, 0.3) is 0 Å². The van der Waals surface area contributed by atoms with Crippen LogP contribution in [0.25, 0.3) is 10.2 Å². The molecule has 12 heteroatoms. The van der Waals surface area contributed by atoms with Crippen molar-refractivity contribution < 1.29 is 35.5 Å². The van der Waals surface area contributed by atoms with E-state index in [2.05, 4.69) is 4.98 Å². The largest absolute Gasteiger partial charge is 0.460 e. The Morgan fingerprint density at radius 3 is 2.30 bits per heavy atom. The predicted molar refractivity (Wildman–Crippen MR) is 69.2 cm³/mol. The van der Waals surface area contributed by atoms with E-state index in [4.69, 9.17) is 11.6 Å². The molecule has 0 bridgehead atoms. The molecule has 1 heterocycles. The average molecular weight is 381 g/mol. The number of hydrogen-bond acceptors (Lipinski definition) is 3. The van der Waals surface area contributed by atoms with Crippen molar-refractivity contribution in [3.63, 3.8) is 0 Å². The van der Waals surface area contributed by atoms with Gasteiger partial charge in [-0.25, -0.2) is 4.98 Å². The molecule has 3 nitrogen and oxygen atoms in total. The van der Waals surface area contributed by atoms with Gasteiger partial charge >= 0.3 is 23.9 Å². The molecule has 2 aromatic rings. The summed E-state index contributed by atoms with van der Waals surface area (Å²) in [5, 5.41) is 0.957. The molecule has 2 rings (SSSR count). The zero-order chi connectivity index (χ0) is 17.6. The summed E-state index contributed by atoms with van der Waals surface area (Å²) in [5.41, 5.74) is 0.195. The highest BCUT2D eigenvalue weighted by Gasteiger charge is 2.76. The Labute approximate surface area is 132 Å². The molecule has 0 fully saturated rings. The van der Waals surface area contributed by atoms with E-state index >= 15 is 0 Å². The molecule has 126 valence electrons. The topological polar surface area (TPSA) is 42.0 Å². The molecule has 0 atom stereocenters. The maximum Gasteiger partial charge on any atom is 0.460 e. The fourth-order valence-electron chi connectivity index (χ4n) is 1.45. The molecule has 0 aliphatic heterocycles. The lowest BCUT2D eigenvalue weighted by Gasteiger charge is -2.26. The molecule has 0 saturated heterocycles. The third kappa shape index (κ3) is 3.07. The Morgan fingerprint density at radius 2 is 1.74 bits per heavy atom. The number of aromatic nitrogens is 1. The number of amides is 1. The van der Waals surface area contributed by atoms with Gasteiger partial charge in [0.15, 0.2) is 5.13 Å². The van der Waals surface area contributed by atoms with Crippen LogP contribution in [0.3, 0.4) is 0 Å². The van der Waals surface area contributed by atoms with E-state index < -0.39 is 29.1 Å². The van der Waals surface area contributed by atoms with Gasteiger partial charge in [-0.15, -0.1) is 0 Å². The van der Waals surface area contributed by atoms with E-state index in [1.54, 1.807) is 0 Å². The van der Waals surface area contributed by atoms with Crippen molar-refractivity contribution in [3.05, 3.63) is 23.2 Å². The number of thiazole rings is 1. The van der Waals surface area contributed by atoms with E-state index in [0.29, 0.717) is 16.0 Å². The number of benzene rings is 1. The molecule has 0 saturated carbocycles. The first kappa shape index (κ1) is 17.7. The zero-order valence-electron chi connectivity index (χ0n) is 10.5. The fourth-order valence-corrected chi connectivity index (χ4v) is 2.59.